The Hall–Kier alpha value is -0.350. The molecule has 0 aliphatic rings. The van der Waals surface area contributed by atoms with E-state index in [1.807, 2.05) is 0 Å². The van der Waals surface area contributed by atoms with Crippen molar-refractivity contribution in [1.29, 1.82) is 0 Å². The first kappa shape index (κ1) is 9.74. The van der Waals surface area contributed by atoms with Gasteiger partial charge in [-0.2, -0.15) is 0 Å². The van der Waals surface area contributed by atoms with E-state index in [4.69, 9.17) is 0 Å². The average Bonchev–Trinajstić information content (AvgIpc) is 2.08. The van der Waals surface area contributed by atoms with Gasteiger partial charge >= 0.3 is 0 Å². The normalized spacial score (nSPS) is 11.8. The predicted molar refractivity (Wildman–Crippen MR) is 55.3 cm³/mol. The molecule has 0 aromatic heterocycles. The van der Waals surface area contributed by atoms with Crippen molar-refractivity contribution >= 4 is 34.5 Å². The van der Waals surface area contributed by atoms with Crippen LogP contribution in [0.15, 0.2) is 27.1 Å². The van der Waals surface area contributed by atoms with E-state index in [0.717, 1.165) is 4.47 Å². The molecule has 0 bridgehead atoms. The van der Waals surface area contributed by atoms with Gasteiger partial charge in [0.2, 0.25) is 0 Å². The monoisotopic (exact) mass is 247 g/mol. The third kappa shape index (κ3) is 2.08. The van der Waals surface area contributed by atoms with Crippen molar-refractivity contribution in [2.24, 2.45) is 4.40 Å². The van der Waals surface area contributed by atoms with E-state index in [2.05, 4.69) is 33.1 Å². The van der Waals surface area contributed by atoms with Gasteiger partial charge in [0.1, 0.15) is 5.82 Å². The van der Waals surface area contributed by atoms with Crippen molar-refractivity contribution in [1.82, 2.24) is 0 Å². The smallest absolute Gasteiger partial charge is 0.132 e. The molecule has 0 N–H and O–H groups in total. The van der Waals surface area contributed by atoms with Gasteiger partial charge in [-0.05, 0) is 37.9 Å². The van der Waals surface area contributed by atoms with E-state index in [-0.39, 0.29) is 5.82 Å². The molecule has 0 amide bonds. The highest BCUT2D eigenvalue weighted by atomic mass is 79.9. The van der Waals surface area contributed by atoms with Gasteiger partial charge in [-0.25, -0.2) is 8.79 Å². The van der Waals surface area contributed by atoms with Crippen LogP contribution in [0.1, 0.15) is 12.5 Å². The maximum Gasteiger partial charge on any atom is 0.132 e. The van der Waals surface area contributed by atoms with E-state index in [0.29, 0.717) is 11.3 Å². The van der Waals surface area contributed by atoms with E-state index < -0.39 is 0 Å². The number of halogens is 2. The van der Waals surface area contributed by atoms with Crippen LogP contribution in [0.3, 0.4) is 0 Å². The molecule has 4 heteroatoms. The lowest BCUT2D eigenvalue weighted by Gasteiger charge is -2.01. The zero-order valence-corrected chi connectivity index (χ0v) is 8.86. The van der Waals surface area contributed by atoms with Crippen LogP contribution in [-0.2, 0) is 0 Å². The molecule has 0 unspecified atom stereocenters. The Labute approximate surface area is 84.4 Å². The lowest BCUT2D eigenvalue weighted by Crippen LogP contribution is -1.97. The van der Waals surface area contributed by atoms with Gasteiger partial charge in [-0.3, -0.25) is 0 Å². The summed E-state index contributed by atoms with van der Waals surface area (Å²) >= 11 is 6.96. The topological polar surface area (TPSA) is 12.4 Å². The fourth-order valence-electron chi connectivity index (χ4n) is 0.829. The Morgan fingerprint density at radius 1 is 1.58 bits per heavy atom. The summed E-state index contributed by atoms with van der Waals surface area (Å²) in [6, 6.07) is 4.71. The van der Waals surface area contributed by atoms with Gasteiger partial charge in [-0.15, -0.1) is 0 Å². The first-order chi connectivity index (χ1) is 5.65. The maximum absolute atomic E-state index is 13.1. The fourth-order valence-corrected chi connectivity index (χ4v) is 1.30. The molecule has 1 rings (SSSR count). The molecule has 1 aromatic carbocycles. The van der Waals surface area contributed by atoms with E-state index >= 15 is 0 Å². The van der Waals surface area contributed by atoms with Crippen LogP contribution in [0.2, 0.25) is 0 Å². The molecular formula is C8H7BrFNS. The second kappa shape index (κ2) is 4.05. The number of benzene rings is 1. The summed E-state index contributed by atoms with van der Waals surface area (Å²) < 4.78 is 17.5. The second-order valence-electron chi connectivity index (χ2n) is 2.31. The third-order valence-electron chi connectivity index (χ3n) is 1.47. The average molecular weight is 248 g/mol. The molecule has 0 saturated carbocycles. The molecule has 12 heavy (non-hydrogen) atoms. The number of hydrogen-bond acceptors (Lipinski definition) is 2. The van der Waals surface area contributed by atoms with Crippen LogP contribution < -0.4 is 0 Å². The zero-order chi connectivity index (χ0) is 9.14. The highest BCUT2D eigenvalue weighted by Crippen LogP contribution is 2.16. The van der Waals surface area contributed by atoms with Crippen molar-refractivity contribution in [3.63, 3.8) is 0 Å². The van der Waals surface area contributed by atoms with Crippen LogP contribution in [0, 0.1) is 5.82 Å². The van der Waals surface area contributed by atoms with Crippen LogP contribution in [-0.4, -0.2) is 5.71 Å². The van der Waals surface area contributed by atoms with Gasteiger partial charge in [0.15, 0.2) is 0 Å². The Bertz CT molecular complexity index is 325. The second-order valence-corrected chi connectivity index (χ2v) is 3.43. The maximum atomic E-state index is 13.1. The van der Waals surface area contributed by atoms with Crippen LogP contribution >= 0.6 is 28.7 Å². The van der Waals surface area contributed by atoms with Crippen molar-refractivity contribution < 1.29 is 4.39 Å². The van der Waals surface area contributed by atoms with Crippen molar-refractivity contribution in [2.75, 3.05) is 0 Å². The van der Waals surface area contributed by atoms with Crippen LogP contribution in [0.25, 0.3) is 0 Å². The Morgan fingerprint density at radius 2 is 2.25 bits per heavy atom. The summed E-state index contributed by atoms with van der Waals surface area (Å²) in [6.45, 7) is 1.71. The molecule has 0 aliphatic carbocycles. The van der Waals surface area contributed by atoms with Crippen molar-refractivity contribution in [2.45, 2.75) is 6.92 Å². The van der Waals surface area contributed by atoms with Crippen LogP contribution in [0.4, 0.5) is 4.39 Å². The van der Waals surface area contributed by atoms with Gasteiger partial charge in [0.05, 0.1) is 5.71 Å². The number of thiol groups is 1. The van der Waals surface area contributed by atoms with E-state index in [9.17, 15) is 4.39 Å². The van der Waals surface area contributed by atoms with E-state index in [1.54, 1.807) is 19.1 Å². The Morgan fingerprint density at radius 3 is 2.83 bits per heavy atom. The highest BCUT2D eigenvalue weighted by Gasteiger charge is 2.04. The molecule has 0 spiro atoms. The van der Waals surface area contributed by atoms with Crippen molar-refractivity contribution in [3.05, 3.63) is 34.1 Å². The summed E-state index contributed by atoms with van der Waals surface area (Å²) in [5.74, 6) is -0.284. The van der Waals surface area contributed by atoms with Crippen molar-refractivity contribution in [3.8, 4) is 0 Å². The first-order valence-electron chi connectivity index (χ1n) is 3.29. The summed E-state index contributed by atoms with van der Waals surface area (Å²) in [6.07, 6.45) is 0. The summed E-state index contributed by atoms with van der Waals surface area (Å²) in [5.41, 5.74) is 1.04. The predicted octanol–water partition coefficient (Wildman–Crippen LogP) is 3.24. The highest BCUT2D eigenvalue weighted by molar-refractivity contribution is 9.10. The molecule has 0 aliphatic heterocycles. The minimum atomic E-state index is -0.284. The fraction of sp³-hybridized carbons (Fsp3) is 0.125. The molecule has 0 radical (unpaired) electrons. The van der Waals surface area contributed by atoms with Gasteiger partial charge in [-0.1, -0.05) is 15.9 Å². The van der Waals surface area contributed by atoms with E-state index in [1.165, 1.54) is 6.07 Å². The molecule has 0 heterocycles. The molecule has 0 fully saturated rings. The molecule has 1 aromatic rings. The van der Waals surface area contributed by atoms with Gasteiger partial charge in [0.25, 0.3) is 0 Å². The lowest BCUT2D eigenvalue weighted by molar-refractivity contribution is 0.625. The number of hydrogen-bond donors (Lipinski definition) is 1. The quantitative estimate of drug-likeness (QED) is 0.578. The summed E-state index contributed by atoms with van der Waals surface area (Å²) in [5, 5.41) is 0. The summed E-state index contributed by atoms with van der Waals surface area (Å²) in [4.78, 5) is 0. The molecule has 0 atom stereocenters. The third-order valence-corrected chi connectivity index (χ3v) is 2.26. The van der Waals surface area contributed by atoms with Gasteiger partial charge < -0.3 is 0 Å². The number of nitrogens with zero attached hydrogens (tertiary/aromatic N) is 1. The summed E-state index contributed by atoms with van der Waals surface area (Å²) in [7, 11) is 0. The first-order valence-corrected chi connectivity index (χ1v) is 4.48. The Kier molecular flexibility index (Phi) is 3.29. The number of rotatable bonds is 1. The standard InChI is InChI=1S/C8H7BrFNS/c1-5(11-12)7-4-6(9)2-3-8(7)10/h2-4,12H,1H3/b11-5+. The lowest BCUT2D eigenvalue weighted by atomic mass is 10.1. The van der Waals surface area contributed by atoms with Crippen LogP contribution in [0.5, 0.6) is 0 Å². The minimum absolute atomic E-state index is 0.284. The molecule has 1 nitrogen and oxygen atoms in total. The molecule has 64 valence electrons. The molecular weight excluding hydrogens is 241 g/mol. The largest absolute Gasteiger partial charge is 0.224 e. The zero-order valence-electron chi connectivity index (χ0n) is 6.38. The minimum Gasteiger partial charge on any atom is -0.224 e. The molecule has 0 saturated heterocycles. The van der Waals surface area contributed by atoms with Gasteiger partial charge in [0, 0.05) is 10.0 Å². The SMILES string of the molecule is C/C(=N\S)c1cc(Br)ccc1F. The Balaban J connectivity index is 3.23.